The Balaban J connectivity index is 2.02. The first-order valence-electron chi connectivity index (χ1n) is 6.84. The van der Waals surface area contributed by atoms with E-state index in [1.165, 1.54) is 4.90 Å². The van der Waals surface area contributed by atoms with E-state index in [-0.39, 0.29) is 17.2 Å². The summed E-state index contributed by atoms with van der Waals surface area (Å²) in [7, 11) is 0. The monoisotopic (exact) mass is 281 g/mol. The van der Waals surface area contributed by atoms with Crippen LogP contribution >= 0.6 is 0 Å². The molecule has 5 nitrogen and oxygen atoms in total. The fourth-order valence-electron chi connectivity index (χ4n) is 2.65. The molecule has 3 rings (SSSR count). The summed E-state index contributed by atoms with van der Waals surface area (Å²) >= 11 is 0. The molecule has 0 radical (unpaired) electrons. The van der Waals surface area contributed by atoms with Crippen LogP contribution in [-0.2, 0) is 0 Å². The Bertz CT molecular complexity index is 736. The van der Waals surface area contributed by atoms with Gasteiger partial charge in [0, 0.05) is 25.0 Å². The van der Waals surface area contributed by atoms with Crippen molar-refractivity contribution in [2.75, 3.05) is 19.6 Å². The lowest BCUT2D eigenvalue weighted by Gasteiger charge is -2.32. The van der Waals surface area contributed by atoms with Crippen LogP contribution in [0.3, 0.4) is 0 Å². The summed E-state index contributed by atoms with van der Waals surface area (Å²) in [4.78, 5) is 14.1. The van der Waals surface area contributed by atoms with Gasteiger partial charge in [-0.3, -0.25) is 4.79 Å². The highest BCUT2D eigenvalue weighted by molar-refractivity contribution is 6.03. The van der Waals surface area contributed by atoms with Crippen LogP contribution in [-0.4, -0.2) is 41.6 Å². The zero-order valence-electron chi connectivity index (χ0n) is 11.4. The van der Waals surface area contributed by atoms with Gasteiger partial charge >= 0.3 is 0 Å². The molecule has 0 bridgehead atoms. The van der Waals surface area contributed by atoms with Crippen molar-refractivity contribution in [1.29, 1.82) is 5.26 Å². The number of carbonyl (C=O) groups is 1. The maximum Gasteiger partial charge on any atom is 0.258 e. The Labute approximate surface area is 122 Å². The van der Waals surface area contributed by atoms with E-state index in [4.69, 9.17) is 5.26 Å². The summed E-state index contributed by atoms with van der Waals surface area (Å²) < 4.78 is 0. The lowest BCUT2D eigenvalue weighted by Crippen LogP contribution is -2.53. The third kappa shape index (κ3) is 2.30. The van der Waals surface area contributed by atoms with E-state index in [0.717, 1.165) is 5.39 Å². The van der Waals surface area contributed by atoms with Crippen molar-refractivity contribution in [1.82, 2.24) is 10.2 Å². The summed E-state index contributed by atoms with van der Waals surface area (Å²) in [6.45, 7) is 1.57. The number of rotatable bonds is 1. The molecule has 0 aliphatic carbocycles. The molecule has 1 amide bonds. The zero-order chi connectivity index (χ0) is 14.8. The molecule has 1 heterocycles. The van der Waals surface area contributed by atoms with E-state index in [1.54, 1.807) is 12.1 Å². The smallest absolute Gasteiger partial charge is 0.258 e. The zero-order valence-corrected chi connectivity index (χ0v) is 11.4. The summed E-state index contributed by atoms with van der Waals surface area (Å²) in [5.74, 6) is -0.320. The minimum atomic E-state index is -0.503. The quantitative estimate of drug-likeness (QED) is 0.830. The fourth-order valence-corrected chi connectivity index (χ4v) is 2.65. The average molecular weight is 281 g/mol. The highest BCUT2D eigenvalue weighted by Crippen LogP contribution is 2.29. The van der Waals surface area contributed by atoms with Crippen molar-refractivity contribution in [3.05, 3.63) is 42.0 Å². The van der Waals surface area contributed by atoms with Crippen LogP contribution in [0, 0.1) is 11.3 Å². The molecule has 0 spiro atoms. The Hall–Kier alpha value is -2.58. The van der Waals surface area contributed by atoms with E-state index in [9.17, 15) is 9.90 Å². The number of nitrogens with zero attached hydrogens (tertiary/aromatic N) is 2. The topological polar surface area (TPSA) is 76.4 Å². The standard InChI is InChI=1S/C16H15N3O2/c17-9-12-10-18-7-8-19(12)16(21)14-6-5-11-3-1-2-4-13(11)15(14)20/h1-6,12,18,20H,7-8,10H2. The third-order valence-electron chi connectivity index (χ3n) is 3.78. The van der Waals surface area contributed by atoms with Gasteiger partial charge in [0.05, 0.1) is 11.6 Å². The lowest BCUT2D eigenvalue weighted by atomic mass is 10.0. The van der Waals surface area contributed by atoms with Gasteiger partial charge in [-0.05, 0) is 11.5 Å². The molecule has 0 saturated carbocycles. The number of phenols is 1. The van der Waals surface area contributed by atoms with Crippen molar-refractivity contribution in [2.45, 2.75) is 6.04 Å². The van der Waals surface area contributed by atoms with Gasteiger partial charge in [0.15, 0.2) is 0 Å². The van der Waals surface area contributed by atoms with Crippen LogP contribution in [0.25, 0.3) is 10.8 Å². The molecule has 2 aromatic rings. The molecule has 1 fully saturated rings. The van der Waals surface area contributed by atoms with E-state index < -0.39 is 6.04 Å². The summed E-state index contributed by atoms with van der Waals surface area (Å²) in [6, 6.07) is 12.4. The molecule has 21 heavy (non-hydrogen) atoms. The minimum Gasteiger partial charge on any atom is -0.506 e. The maximum absolute atomic E-state index is 12.6. The molecule has 1 aliphatic rings. The van der Waals surface area contributed by atoms with Crippen LogP contribution in [0.1, 0.15) is 10.4 Å². The number of benzene rings is 2. The average Bonchev–Trinajstić information content (AvgIpc) is 2.55. The first kappa shape index (κ1) is 13.4. The van der Waals surface area contributed by atoms with Crippen LogP contribution in [0.15, 0.2) is 36.4 Å². The molecular weight excluding hydrogens is 266 g/mol. The van der Waals surface area contributed by atoms with E-state index in [0.29, 0.717) is 25.0 Å². The Morgan fingerprint density at radius 2 is 2.14 bits per heavy atom. The highest BCUT2D eigenvalue weighted by Gasteiger charge is 2.28. The van der Waals surface area contributed by atoms with E-state index in [1.807, 2.05) is 24.3 Å². The van der Waals surface area contributed by atoms with Crippen molar-refractivity contribution in [2.24, 2.45) is 0 Å². The number of piperazine rings is 1. The number of phenolic OH excluding ortho intramolecular Hbond substituents is 1. The number of hydrogen-bond acceptors (Lipinski definition) is 4. The van der Waals surface area contributed by atoms with Crippen LogP contribution in [0.5, 0.6) is 5.75 Å². The third-order valence-corrected chi connectivity index (χ3v) is 3.78. The summed E-state index contributed by atoms with van der Waals surface area (Å²) in [6.07, 6.45) is 0. The van der Waals surface area contributed by atoms with E-state index >= 15 is 0 Å². The molecule has 1 unspecified atom stereocenters. The largest absolute Gasteiger partial charge is 0.506 e. The minimum absolute atomic E-state index is 0.0201. The number of nitrogens with one attached hydrogen (secondary N) is 1. The van der Waals surface area contributed by atoms with Crippen LogP contribution < -0.4 is 5.32 Å². The summed E-state index contributed by atoms with van der Waals surface area (Å²) in [5, 5.41) is 24.1. The van der Waals surface area contributed by atoms with Crippen molar-refractivity contribution in [3.63, 3.8) is 0 Å². The van der Waals surface area contributed by atoms with Crippen molar-refractivity contribution in [3.8, 4) is 11.8 Å². The van der Waals surface area contributed by atoms with Gasteiger partial charge in [-0.1, -0.05) is 30.3 Å². The number of nitriles is 1. The maximum atomic E-state index is 12.6. The number of amides is 1. The van der Waals surface area contributed by atoms with Crippen LogP contribution in [0.2, 0.25) is 0 Å². The Kier molecular flexibility index (Phi) is 3.46. The van der Waals surface area contributed by atoms with Crippen molar-refractivity contribution >= 4 is 16.7 Å². The first-order valence-corrected chi connectivity index (χ1v) is 6.84. The van der Waals surface area contributed by atoms with Gasteiger partial charge in [0.1, 0.15) is 11.8 Å². The number of carbonyl (C=O) groups excluding carboxylic acids is 1. The first-order chi connectivity index (χ1) is 10.2. The summed E-state index contributed by atoms with van der Waals surface area (Å²) in [5.41, 5.74) is 0.246. The number of fused-ring (bicyclic) bond motifs is 1. The Morgan fingerprint density at radius 1 is 1.33 bits per heavy atom. The van der Waals surface area contributed by atoms with Gasteiger partial charge in [-0.2, -0.15) is 5.26 Å². The highest BCUT2D eigenvalue weighted by atomic mass is 16.3. The Morgan fingerprint density at radius 3 is 2.95 bits per heavy atom. The molecule has 2 aromatic carbocycles. The molecule has 5 heteroatoms. The van der Waals surface area contributed by atoms with E-state index in [2.05, 4.69) is 11.4 Å². The van der Waals surface area contributed by atoms with Gasteiger partial charge in [0.25, 0.3) is 5.91 Å². The molecule has 2 N–H and O–H groups in total. The predicted octanol–water partition coefficient (Wildman–Crippen LogP) is 1.48. The molecule has 1 atom stereocenters. The second-order valence-corrected chi connectivity index (χ2v) is 5.03. The number of hydrogen-bond donors (Lipinski definition) is 2. The molecule has 0 aromatic heterocycles. The normalized spacial score (nSPS) is 18.4. The fraction of sp³-hybridized carbons (Fsp3) is 0.250. The molecule has 1 aliphatic heterocycles. The second kappa shape index (κ2) is 5.43. The molecule has 1 saturated heterocycles. The molecule has 106 valence electrons. The van der Waals surface area contributed by atoms with Gasteiger partial charge in [-0.15, -0.1) is 0 Å². The lowest BCUT2D eigenvalue weighted by molar-refractivity contribution is 0.0684. The van der Waals surface area contributed by atoms with Gasteiger partial charge < -0.3 is 15.3 Å². The number of aromatic hydroxyl groups is 1. The van der Waals surface area contributed by atoms with Gasteiger partial charge in [0.2, 0.25) is 0 Å². The molecular formula is C16H15N3O2. The second-order valence-electron chi connectivity index (χ2n) is 5.03. The van der Waals surface area contributed by atoms with Crippen LogP contribution in [0.4, 0.5) is 0 Å². The van der Waals surface area contributed by atoms with Gasteiger partial charge in [-0.25, -0.2) is 0 Å². The van der Waals surface area contributed by atoms with Crippen molar-refractivity contribution < 1.29 is 9.90 Å². The SMILES string of the molecule is N#CC1CNCCN1C(=O)c1ccc2ccccc2c1O. The predicted molar refractivity (Wildman–Crippen MR) is 78.9 cm³/mol.